The zero-order valence-electron chi connectivity index (χ0n) is 14.1. The number of anilines is 1. The van der Waals surface area contributed by atoms with Gasteiger partial charge >= 0.3 is 0 Å². The van der Waals surface area contributed by atoms with Crippen LogP contribution in [-0.2, 0) is 11.2 Å². The van der Waals surface area contributed by atoms with E-state index in [-0.39, 0.29) is 5.91 Å². The van der Waals surface area contributed by atoms with Crippen molar-refractivity contribution in [3.63, 3.8) is 0 Å². The predicted octanol–water partition coefficient (Wildman–Crippen LogP) is 2.36. The van der Waals surface area contributed by atoms with Crippen LogP contribution in [0.25, 0.3) is 0 Å². The minimum absolute atomic E-state index is 0.105. The molecule has 0 bridgehead atoms. The van der Waals surface area contributed by atoms with E-state index in [4.69, 9.17) is 0 Å². The molecule has 0 unspecified atom stereocenters. The molecular formula is C19H24N4O. The van der Waals surface area contributed by atoms with Gasteiger partial charge in [-0.1, -0.05) is 30.3 Å². The van der Waals surface area contributed by atoms with Crippen molar-refractivity contribution in [2.45, 2.75) is 26.2 Å². The molecule has 1 aromatic heterocycles. The highest BCUT2D eigenvalue weighted by Gasteiger charge is 2.20. The van der Waals surface area contributed by atoms with Crippen molar-refractivity contribution < 1.29 is 4.79 Å². The topological polar surface area (TPSA) is 58.1 Å². The fourth-order valence-electron chi connectivity index (χ4n) is 3.03. The number of hydrogen-bond acceptors (Lipinski definition) is 4. The lowest BCUT2D eigenvalue weighted by Crippen LogP contribution is -2.39. The Labute approximate surface area is 143 Å². The number of nitrogens with zero attached hydrogens (tertiary/aromatic N) is 3. The van der Waals surface area contributed by atoms with Gasteiger partial charge in [-0.2, -0.15) is 5.10 Å². The highest BCUT2D eigenvalue weighted by atomic mass is 16.1. The van der Waals surface area contributed by atoms with E-state index in [1.54, 1.807) is 0 Å². The molecule has 24 heavy (non-hydrogen) atoms. The molecule has 126 valence electrons. The Morgan fingerprint density at radius 2 is 1.88 bits per heavy atom. The molecule has 0 aliphatic carbocycles. The summed E-state index contributed by atoms with van der Waals surface area (Å²) in [7, 11) is 0. The molecular weight excluding hydrogens is 300 g/mol. The summed E-state index contributed by atoms with van der Waals surface area (Å²) in [6.45, 7) is 4.65. The first-order valence-electron chi connectivity index (χ1n) is 8.56. The average molecular weight is 324 g/mol. The Balaban J connectivity index is 1.41. The van der Waals surface area contributed by atoms with Gasteiger partial charge in [-0.15, -0.1) is 5.10 Å². The molecule has 1 fully saturated rings. The van der Waals surface area contributed by atoms with E-state index in [0.717, 1.165) is 49.6 Å². The van der Waals surface area contributed by atoms with Crippen molar-refractivity contribution in [3.8, 4) is 0 Å². The molecule has 2 aromatic rings. The third kappa shape index (κ3) is 4.54. The molecule has 0 radical (unpaired) electrons. The van der Waals surface area contributed by atoms with Gasteiger partial charge in [0, 0.05) is 19.6 Å². The smallest absolute Gasteiger partial charge is 0.224 e. The largest absolute Gasteiger partial charge is 0.356 e. The highest BCUT2D eigenvalue weighted by Crippen LogP contribution is 2.20. The van der Waals surface area contributed by atoms with E-state index in [1.165, 1.54) is 0 Å². The van der Waals surface area contributed by atoms with Gasteiger partial charge in [0.15, 0.2) is 5.82 Å². The maximum absolute atomic E-state index is 12.0. The molecule has 1 N–H and O–H groups in total. The van der Waals surface area contributed by atoms with Gasteiger partial charge in [-0.05, 0) is 43.4 Å². The Hall–Kier alpha value is -2.43. The standard InChI is InChI=1S/C19H24N4O/c1-15-7-8-18(22-21-15)23-11-9-17(10-12-23)14-20-19(24)13-16-5-3-2-4-6-16/h2-8,17H,9-14H2,1H3,(H,20,24). The molecule has 0 atom stereocenters. The van der Waals surface area contributed by atoms with Crippen LogP contribution in [-0.4, -0.2) is 35.7 Å². The minimum atomic E-state index is 0.105. The molecule has 5 nitrogen and oxygen atoms in total. The van der Waals surface area contributed by atoms with Gasteiger partial charge in [0.1, 0.15) is 0 Å². The second-order valence-corrected chi connectivity index (χ2v) is 6.43. The highest BCUT2D eigenvalue weighted by molar-refractivity contribution is 5.78. The van der Waals surface area contributed by atoms with E-state index >= 15 is 0 Å². The van der Waals surface area contributed by atoms with Crippen LogP contribution in [0, 0.1) is 12.8 Å². The summed E-state index contributed by atoms with van der Waals surface area (Å²) >= 11 is 0. The number of aromatic nitrogens is 2. The number of piperidine rings is 1. The van der Waals surface area contributed by atoms with Crippen LogP contribution >= 0.6 is 0 Å². The number of carbonyl (C=O) groups is 1. The number of aryl methyl sites for hydroxylation is 1. The Bertz CT molecular complexity index is 649. The van der Waals surface area contributed by atoms with Crippen LogP contribution in [0.2, 0.25) is 0 Å². The zero-order chi connectivity index (χ0) is 16.8. The lowest BCUT2D eigenvalue weighted by molar-refractivity contribution is -0.120. The lowest BCUT2D eigenvalue weighted by Gasteiger charge is -2.32. The number of benzene rings is 1. The van der Waals surface area contributed by atoms with Crippen molar-refractivity contribution in [1.82, 2.24) is 15.5 Å². The van der Waals surface area contributed by atoms with E-state index in [2.05, 4.69) is 20.4 Å². The van der Waals surface area contributed by atoms with Gasteiger partial charge in [-0.25, -0.2) is 0 Å². The van der Waals surface area contributed by atoms with Gasteiger partial charge in [0.2, 0.25) is 5.91 Å². The summed E-state index contributed by atoms with van der Waals surface area (Å²) in [5.74, 6) is 1.60. The molecule has 3 rings (SSSR count). The average Bonchev–Trinajstić information content (AvgIpc) is 2.62. The third-order valence-electron chi connectivity index (χ3n) is 4.52. The van der Waals surface area contributed by atoms with Crippen molar-refractivity contribution in [1.29, 1.82) is 0 Å². The summed E-state index contributed by atoms with van der Waals surface area (Å²) in [6.07, 6.45) is 2.60. The second kappa shape index (κ2) is 7.90. The normalized spacial score (nSPS) is 15.3. The Kier molecular flexibility index (Phi) is 5.41. The number of rotatable bonds is 5. The summed E-state index contributed by atoms with van der Waals surface area (Å²) in [5, 5.41) is 11.5. The Morgan fingerprint density at radius 1 is 1.12 bits per heavy atom. The van der Waals surface area contributed by atoms with Crippen LogP contribution in [0.3, 0.4) is 0 Å². The Morgan fingerprint density at radius 3 is 2.54 bits per heavy atom. The number of carbonyl (C=O) groups excluding carboxylic acids is 1. The number of nitrogens with one attached hydrogen (secondary N) is 1. The van der Waals surface area contributed by atoms with Crippen LogP contribution in [0.1, 0.15) is 24.1 Å². The first-order chi connectivity index (χ1) is 11.7. The quantitative estimate of drug-likeness (QED) is 0.917. The molecule has 1 amide bonds. The maximum atomic E-state index is 12.0. The molecule has 1 aliphatic heterocycles. The van der Waals surface area contributed by atoms with Gasteiger partial charge in [0.25, 0.3) is 0 Å². The molecule has 1 aromatic carbocycles. The molecule has 1 saturated heterocycles. The van der Waals surface area contributed by atoms with Crippen LogP contribution in [0.15, 0.2) is 42.5 Å². The lowest BCUT2D eigenvalue weighted by atomic mass is 9.96. The van der Waals surface area contributed by atoms with Crippen LogP contribution < -0.4 is 10.2 Å². The minimum Gasteiger partial charge on any atom is -0.356 e. The first-order valence-corrected chi connectivity index (χ1v) is 8.56. The number of amides is 1. The van der Waals surface area contributed by atoms with Crippen molar-refractivity contribution in [2.75, 3.05) is 24.5 Å². The second-order valence-electron chi connectivity index (χ2n) is 6.43. The summed E-state index contributed by atoms with van der Waals surface area (Å²) in [5.41, 5.74) is 2.00. The summed E-state index contributed by atoms with van der Waals surface area (Å²) in [4.78, 5) is 14.3. The SMILES string of the molecule is Cc1ccc(N2CCC(CNC(=O)Cc3ccccc3)CC2)nn1. The van der Waals surface area contributed by atoms with Crippen molar-refractivity contribution in [3.05, 3.63) is 53.7 Å². The van der Waals surface area contributed by atoms with E-state index in [1.807, 2.05) is 49.4 Å². The molecule has 1 aliphatic rings. The molecule has 2 heterocycles. The van der Waals surface area contributed by atoms with Crippen LogP contribution in [0.4, 0.5) is 5.82 Å². The number of hydrogen-bond donors (Lipinski definition) is 1. The van der Waals surface area contributed by atoms with Crippen molar-refractivity contribution in [2.24, 2.45) is 5.92 Å². The molecule has 0 saturated carbocycles. The first kappa shape index (κ1) is 16.4. The van der Waals surface area contributed by atoms with Gasteiger partial charge in [0.05, 0.1) is 12.1 Å². The predicted molar refractivity (Wildman–Crippen MR) is 94.9 cm³/mol. The van der Waals surface area contributed by atoms with E-state index in [9.17, 15) is 4.79 Å². The summed E-state index contributed by atoms with van der Waals surface area (Å²) < 4.78 is 0. The fraction of sp³-hybridized carbons (Fsp3) is 0.421. The monoisotopic (exact) mass is 324 g/mol. The van der Waals surface area contributed by atoms with E-state index < -0.39 is 0 Å². The van der Waals surface area contributed by atoms with Crippen molar-refractivity contribution >= 4 is 11.7 Å². The van der Waals surface area contributed by atoms with Gasteiger partial charge in [-0.3, -0.25) is 4.79 Å². The molecule has 0 spiro atoms. The maximum Gasteiger partial charge on any atom is 0.224 e. The third-order valence-corrected chi connectivity index (χ3v) is 4.52. The van der Waals surface area contributed by atoms with E-state index in [0.29, 0.717) is 12.3 Å². The fourth-order valence-corrected chi connectivity index (χ4v) is 3.03. The van der Waals surface area contributed by atoms with Gasteiger partial charge < -0.3 is 10.2 Å². The zero-order valence-corrected chi connectivity index (χ0v) is 14.1. The molecule has 5 heteroatoms. The summed E-state index contributed by atoms with van der Waals surface area (Å²) in [6, 6.07) is 13.9. The van der Waals surface area contributed by atoms with Crippen LogP contribution in [0.5, 0.6) is 0 Å².